The zero-order chi connectivity index (χ0) is 12.3. The fourth-order valence-corrected chi connectivity index (χ4v) is 1.71. The van der Waals surface area contributed by atoms with E-state index >= 15 is 0 Å². The summed E-state index contributed by atoms with van der Waals surface area (Å²) in [5.74, 6) is 0.454. The van der Waals surface area contributed by atoms with Crippen LogP contribution in [0.15, 0.2) is 29.2 Å². The summed E-state index contributed by atoms with van der Waals surface area (Å²) in [4.78, 5) is 16.8. The molecular weight excluding hydrogens is 236 g/mol. The molecule has 0 bridgehead atoms. The van der Waals surface area contributed by atoms with E-state index in [9.17, 15) is 4.79 Å². The first-order valence-electron chi connectivity index (χ1n) is 5.03. The lowest BCUT2D eigenvalue weighted by Gasteiger charge is -2.03. The van der Waals surface area contributed by atoms with E-state index in [1.807, 2.05) is 30.5 Å². The molecule has 1 aromatic heterocycles. The van der Waals surface area contributed by atoms with Crippen molar-refractivity contribution in [3.05, 3.63) is 35.9 Å². The summed E-state index contributed by atoms with van der Waals surface area (Å²) < 4.78 is 0. The molecule has 6 heteroatoms. The number of rotatable bonds is 3. The van der Waals surface area contributed by atoms with Gasteiger partial charge in [-0.1, -0.05) is 0 Å². The van der Waals surface area contributed by atoms with E-state index < -0.39 is 0 Å². The average Bonchev–Trinajstić information content (AvgIpc) is 2.77. The van der Waals surface area contributed by atoms with E-state index in [2.05, 4.69) is 20.5 Å². The molecule has 0 atom stereocenters. The van der Waals surface area contributed by atoms with Crippen molar-refractivity contribution in [2.24, 2.45) is 0 Å². The van der Waals surface area contributed by atoms with E-state index in [0.29, 0.717) is 5.82 Å². The number of carbonyl (C=O) groups is 1. The zero-order valence-corrected chi connectivity index (χ0v) is 10.3. The fourth-order valence-electron chi connectivity index (χ4n) is 1.31. The van der Waals surface area contributed by atoms with Crippen molar-refractivity contribution < 1.29 is 4.79 Å². The number of aryl methyl sites for hydroxylation is 1. The topological polar surface area (TPSA) is 70.7 Å². The van der Waals surface area contributed by atoms with Gasteiger partial charge in [0.1, 0.15) is 5.82 Å². The maximum absolute atomic E-state index is 11.7. The highest BCUT2D eigenvalue weighted by Gasteiger charge is 2.10. The molecular formula is C11H12N4OS. The van der Waals surface area contributed by atoms with Gasteiger partial charge >= 0.3 is 0 Å². The molecule has 5 nitrogen and oxygen atoms in total. The van der Waals surface area contributed by atoms with Gasteiger partial charge in [-0.3, -0.25) is 9.89 Å². The third-order valence-corrected chi connectivity index (χ3v) is 2.89. The van der Waals surface area contributed by atoms with Gasteiger partial charge in [-0.25, -0.2) is 4.98 Å². The number of hydrogen-bond acceptors (Lipinski definition) is 4. The smallest absolute Gasteiger partial charge is 0.295 e. The monoisotopic (exact) mass is 248 g/mol. The fraction of sp³-hybridized carbons (Fsp3) is 0.182. The van der Waals surface area contributed by atoms with Gasteiger partial charge in [0.2, 0.25) is 5.82 Å². The number of hydrogen-bond donors (Lipinski definition) is 2. The maximum Gasteiger partial charge on any atom is 0.295 e. The highest BCUT2D eigenvalue weighted by atomic mass is 32.2. The molecule has 2 N–H and O–H groups in total. The molecule has 0 aliphatic rings. The molecule has 0 fully saturated rings. The highest BCUT2D eigenvalue weighted by molar-refractivity contribution is 7.98. The van der Waals surface area contributed by atoms with Gasteiger partial charge in [0.05, 0.1) is 0 Å². The molecule has 0 aliphatic heterocycles. The molecule has 0 radical (unpaired) electrons. The van der Waals surface area contributed by atoms with E-state index in [1.165, 1.54) is 0 Å². The second-order valence-corrected chi connectivity index (χ2v) is 4.31. The number of aromatic amines is 1. The number of amides is 1. The number of carbonyl (C=O) groups excluding carboxylic acids is 1. The molecule has 1 heterocycles. The molecule has 0 saturated heterocycles. The molecule has 0 spiro atoms. The Bertz CT molecular complexity index is 521. The second-order valence-electron chi connectivity index (χ2n) is 3.43. The Morgan fingerprint density at radius 3 is 2.59 bits per heavy atom. The summed E-state index contributed by atoms with van der Waals surface area (Å²) in [6.07, 6.45) is 2.00. The molecule has 0 aliphatic carbocycles. The van der Waals surface area contributed by atoms with Gasteiger partial charge in [0, 0.05) is 10.6 Å². The number of thioether (sulfide) groups is 1. The Hall–Kier alpha value is -1.82. The van der Waals surface area contributed by atoms with Crippen LogP contribution in [-0.4, -0.2) is 27.3 Å². The predicted molar refractivity (Wildman–Crippen MR) is 67.3 cm³/mol. The second kappa shape index (κ2) is 5.01. The third kappa shape index (κ3) is 2.85. The lowest BCUT2D eigenvalue weighted by atomic mass is 10.3. The van der Waals surface area contributed by atoms with E-state index in [-0.39, 0.29) is 11.7 Å². The Balaban J connectivity index is 2.07. The Labute approximate surface area is 103 Å². The van der Waals surface area contributed by atoms with E-state index in [4.69, 9.17) is 0 Å². The molecule has 1 amide bonds. The summed E-state index contributed by atoms with van der Waals surface area (Å²) >= 11 is 1.65. The lowest BCUT2D eigenvalue weighted by Crippen LogP contribution is -2.13. The van der Waals surface area contributed by atoms with Crippen LogP contribution >= 0.6 is 11.8 Å². The van der Waals surface area contributed by atoms with E-state index in [0.717, 1.165) is 10.6 Å². The van der Waals surface area contributed by atoms with Crippen molar-refractivity contribution in [2.75, 3.05) is 11.6 Å². The molecule has 1 aromatic carbocycles. The minimum Gasteiger partial charge on any atom is -0.319 e. The summed E-state index contributed by atoms with van der Waals surface area (Å²) in [6.45, 7) is 1.75. The summed E-state index contributed by atoms with van der Waals surface area (Å²) in [6, 6.07) is 7.60. The normalized spacial score (nSPS) is 10.2. The van der Waals surface area contributed by atoms with Crippen molar-refractivity contribution in [3.8, 4) is 0 Å². The summed E-state index contributed by atoms with van der Waals surface area (Å²) in [7, 11) is 0. The van der Waals surface area contributed by atoms with Gasteiger partial charge in [-0.2, -0.15) is 0 Å². The number of anilines is 1. The Morgan fingerprint density at radius 2 is 2.06 bits per heavy atom. The van der Waals surface area contributed by atoms with Crippen molar-refractivity contribution in [1.29, 1.82) is 0 Å². The van der Waals surface area contributed by atoms with Crippen LogP contribution in [0.3, 0.4) is 0 Å². The molecule has 2 rings (SSSR count). The largest absolute Gasteiger partial charge is 0.319 e. The van der Waals surface area contributed by atoms with E-state index in [1.54, 1.807) is 18.7 Å². The van der Waals surface area contributed by atoms with Crippen LogP contribution in [0, 0.1) is 6.92 Å². The quantitative estimate of drug-likeness (QED) is 0.816. The first-order valence-corrected chi connectivity index (χ1v) is 6.26. The number of H-pyrrole nitrogens is 1. The number of nitrogens with one attached hydrogen (secondary N) is 2. The average molecular weight is 248 g/mol. The molecule has 0 unspecified atom stereocenters. The van der Waals surface area contributed by atoms with Gasteiger partial charge in [-0.15, -0.1) is 16.9 Å². The highest BCUT2D eigenvalue weighted by Crippen LogP contribution is 2.17. The lowest BCUT2D eigenvalue weighted by molar-refractivity contribution is 0.101. The number of nitrogens with zero attached hydrogens (tertiary/aromatic N) is 2. The number of benzene rings is 1. The van der Waals surface area contributed by atoms with Crippen LogP contribution in [0.4, 0.5) is 5.69 Å². The Kier molecular flexibility index (Phi) is 3.43. The minimum atomic E-state index is -0.314. The van der Waals surface area contributed by atoms with Crippen LogP contribution in [0.1, 0.15) is 16.4 Å². The van der Waals surface area contributed by atoms with Gasteiger partial charge in [0.15, 0.2) is 0 Å². The van der Waals surface area contributed by atoms with Gasteiger partial charge in [-0.05, 0) is 37.4 Å². The Morgan fingerprint density at radius 1 is 1.35 bits per heavy atom. The van der Waals surface area contributed by atoms with Crippen LogP contribution in [-0.2, 0) is 0 Å². The first kappa shape index (κ1) is 11.7. The maximum atomic E-state index is 11.7. The molecule has 88 valence electrons. The van der Waals surface area contributed by atoms with Gasteiger partial charge in [0.25, 0.3) is 5.91 Å². The van der Waals surface area contributed by atoms with Gasteiger partial charge < -0.3 is 5.32 Å². The van der Waals surface area contributed by atoms with Crippen molar-refractivity contribution in [2.45, 2.75) is 11.8 Å². The molecule has 2 aromatic rings. The zero-order valence-electron chi connectivity index (χ0n) is 9.52. The SMILES string of the molecule is CSc1ccc(NC(=O)c2n[nH]c(C)n2)cc1. The van der Waals surface area contributed by atoms with Crippen LogP contribution in [0.25, 0.3) is 0 Å². The van der Waals surface area contributed by atoms with Crippen molar-refractivity contribution >= 4 is 23.4 Å². The van der Waals surface area contributed by atoms with Crippen LogP contribution in [0.5, 0.6) is 0 Å². The summed E-state index contributed by atoms with van der Waals surface area (Å²) in [5, 5.41) is 9.15. The third-order valence-electron chi connectivity index (χ3n) is 2.15. The standard InChI is InChI=1S/C11H12N4OS/c1-7-12-10(15-14-7)11(16)13-8-3-5-9(17-2)6-4-8/h3-6H,1-2H3,(H,13,16)(H,12,14,15). The predicted octanol–water partition coefficient (Wildman–Crippen LogP) is 2.09. The minimum absolute atomic E-state index is 0.149. The first-order chi connectivity index (χ1) is 8.19. The number of aromatic nitrogens is 3. The van der Waals surface area contributed by atoms with Crippen LogP contribution < -0.4 is 5.32 Å². The molecule has 0 saturated carbocycles. The van der Waals surface area contributed by atoms with Crippen molar-refractivity contribution in [3.63, 3.8) is 0 Å². The van der Waals surface area contributed by atoms with Crippen molar-refractivity contribution in [1.82, 2.24) is 15.2 Å². The van der Waals surface area contributed by atoms with Crippen LogP contribution in [0.2, 0.25) is 0 Å². The summed E-state index contributed by atoms with van der Waals surface area (Å²) in [5.41, 5.74) is 0.732. The molecule has 17 heavy (non-hydrogen) atoms.